The first-order valence-corrected chi connectivity index (χ1v) is 4.62. The molecule has 0 amide bonds. The topological polar surface area (TPSA) is 22.0 Å². The zero-order valence-electron chi connectivity index (χ0n) is 13.3. The minimum Gasteiger partial charge on any atom is -0.284 e. The molecule has 0 N–H and O–H groups in total. The maximum Gasteiger partial charge on any atom is 0.255 e. The van der Waals surface area contributed by atoms with E-state index in [9.17, 15) is 9.18 Å². The van der Waals surface area contributed by atoms with Crippen LogP contribution >= 0.6 is 0 Å². The summed E-state index contributed by atoms with van der Waals surface area (Å²) in [7, 11) is 0. The highest BCUT2D eigenvalue weighted by Crippen LogP contribution is 2.08. The second kappa shape index (κ2) is 4.31. The molecule has 0 bridgehead atoms. The van der Waals surface area contributed by atoms with Crippen molar-refractivity contribution in [1.82, 2.24) is 4.57 Å². The molecule has 0 aliphatic carbocycles. The average molecular weight is 222 g/mol. The molecule has 0 unspecified atom stereocenters. The molecule has 0 aliphatic rings. The largest absolute Gasteiger partial charge is 0.284 e. The number of hydrogen-bond acceptors (Lipinski definition) is 1. The molecular weight excluding hydrogens is 205 g/mol. The van der Waals surface area contributed by atoms with Crippen molar-refractivity contribution < 1.29 is 11.2 Å². The first-order chi connectivity index (χ1) is 9.63. The minimum absolute atomic E-state index is 0.147. The smallest absolute Gasteiger partial charge is 0.255 e. The van der Waals surface area contributed by atoms with Crippen LogP contribution in [-0.2, 0) is 6.37 Å². The molecule has 16 heavy (non-hydrogen) atoms. The summed E-state index contributed by atoms with van der Waals surface area (Å²) in [6.07, 6.45) is -1.47. The van der Waals surface area contributed by atoms with Gasteiger partial charge in [0.1, 0.15) is 5.82 Å². The fourth-order valence-electron chi connectivity index (χ4n) is 1.36. The van der Waals surface area contributed by atoms with Crippen molar-refractivity contribution in [3.05, 3.63) is 64.3 Å². The van der Waals surface area contributed by atoms with Crippen molar-refractivity contribution in [3.8, 4) is 5.69 Å². The Morgan fingerprint density at radius 3 is 2.75 bits per heavy atom. The molecule has 0 atom stereocenters. The lowest BCUT2D eigenvalue weighted by Crippen LogP contribution is -2.16. The molecule has 0 fully saturated rings. The summed E-state index contributed by atoms with van der Waals surface area (Å²) in [4.78, 5) is 11.8. The Kier molecular flexibility index (Phi) is 1.61. The summed E-state index contributed by atoms with van der Waals surface area (Å²) < 4.78 is 51.2. The van der Waals surface area contributed by atoms with Crippen molar-refractivity contribution in [2.24, 2.45) is 0 Å². The van der Waals surface area contributed by atoms with Gasteiger partial charge in [0, 0.05) is 24.8 Å². The van der Waals surface area contributed by atoms with Crippen LogP contribution in [-0.4, -0.2) is 4.57 Å². The van der Waals surface area contributed by atoms with Gasteiger partial charge in [-0.05, 0) is 36.2 Å². The molecule has 0 radical (unpaired) electrons. The van der Waals surface area contributed by atoms with Gasteiger partial charge in [0.2, 0.25) is 0 Å². The molecule has 1 aromatic heterocycles. The van der Waals surface area contributed by atoms with Gasteiger partial charge >= 0.3 is 0 Å². The van der Waals surface area contributed by atoms with E-state index in [1.807, 2.05) is 0 Å². The van der Waals surface area contributed by atoms with Crippen LogP contribution in [0.2, 0.25) is 0 Å². The van der Waals surface area contributed by atoms with Gasteiger partial charge in [-0.1, -0.05) is 12.9 Å². The molecular formula is C13H12FNO. The predicted octanol–water partition coefficient (Wildman–Crippen LogP) is 2.54. The summed E-state index contributed by atoms with van der Waals surface area (Å²) in [6.45, 7) is -2.86. The molecule has 2 nitrogen and oxygen atoms in total. The minimum atomic E-state index is -2.86. The van der Waals surface area contributed by atoms with E-state index in [2.05, 4.69) is 0 Å². The fourth-order valence-corrected chi connectivity index (χ4v) is 1.36. The molecule has 0 aliphatic heterocycles. The summed E-state index contributed by atoms with van der Waals surface area (Å²) in [5.41, 5.74) is -0.289. The van der Waals surface area contributed by atoms with Crippen molar-refractivity contribution >= 4 is 0 Å². The Labute approximate surface area is 100.0 Å². The van der Waals surface area contributed by atoms with Crippen molar-refractivity contribution in [3.63, 3.8) is 0 Å². The lowest BCUT2D eigenvalue weighted by atomic mass is 10.2. The van der Waals surface area contributed by atoms with E-state index in [-0.39, 0.29) is 5.56 Å². The second-order valence-electron chi connectivity index (χ2n) is 3.23. The molecule has 2 aromatic rings. The second-order valence-corrected chi connectivity index (χ2v) is 3.23. The van der Waals surface area contributed by atoms with E-state index < -0.39 is 24.6 Å². The zero-order chi connectivity index (χ0) is 15.8. The summed E-state index contributed by atoms with van der Waals surface area (Å²) >= 11 is 0. The van der Waals surface area contributed by atoms with E-state index in [0.29, 0.717) is 5.69 Å². The summed E-state index contributed by atoms with van der Waals surface area (Å²) in [5.74, 6) is -0.472. The molecule has 82 valence electrons. The number of halogens is 1. The van der Waals surface area contributed by atoms with E-state index in [1.54, 1.807) is 0 Å². The number of aryl methyl sites for hydroxylation is 1. The Bertz CT molecular complexity index is 706. The van der Waals surface area contributed by atoms with Crippen molar-refractivity contribution in [2.75, 3.05) is 0 Å². The maximum absolute atomic E-state index is 12.9. The SMILES string of the molecule is [2H]C([2H])([2H])C([2H])([2H])c1ccc(=O)n(-c2ccc(F)cc2)c1. The number of rotatable bonds is 2. The third-order valence-electron chi connectivity index (χ3n) is 2.16. The van der Waals surface area contributed by atoms with Crippen molar-refractivity contribution in [2.45, 2.75) is 13.2 Å². The number of nitrogens with zero attached hydrogens (tertiary/aromatic N) is 1. The number of hydrogen-bond donors (Lipinski definition) is 0. The highest BCUT2D eigenvalue weighted by molar-refractivity contribution is 5.33. The Balaban J connectivity index is 2.58. The van der Waals surface area contributed by atoms with Crippen LogP contribution in [0.15, 0.2) is 47.4 Å². The van der Waals surface area contributed by atoms with Gasteiger partial charge in [0.25, 0.3) is 5.56 Å². The van der Waals surface area contributed by atoms with Crippen LogP contribution in [0.4, 0.5) is 4.39 Å². The molecule has 3 heteroatoms. The Morgan fingerprint density at radius 2 is 2.06 bits per heavy atom. The van der Waals surface area contributed by atoms with Gasteiger partial charge in [-0.3, -0.25) is 9.36 Å². The standard InChI is InChI=1S/C13H12FNO/c1-2-10-3-8-13(16)15(9-10)12-6-4-11(14)5-7-12/h3-9H,2H2,1H3/i1D3,2D2. The fraction of sp³-hybridized carbons (Fsp3) is 0.154. The lowest BCUT2D eigenvalue weighted by Gasteiger charge is -2.06. The molecule has 0 saturated carbocycles. The Morgan fingerprint density at radius 1 is 1.31 bits per heavy atom. The number of pyridine rings is 1. The van der Waals surface area contributed by atoms with Gasteiger partial charge in [-0.15, -0.1) is 0 Å². The van der Waals surface area contributed by atoms with Crippen LogP contribution in [0.5, 0.6) is 0 Å². The average Bonchev–Trinajstić information content (AvgIpc) is 2.39. The van der Waals surface area contributed by atoms with E-state index in [0.717, 1.165) is 35.0 Å². The quantitative estimate of drug-likeness (QED) is 0.765. The van der Waals surface area contributed by atoms with Crippen LogP contribution in [0.3, 0.4) is 0 Å². The van der Waals surface area contributed by atoms with E-state index in [1.165, 1.54) is 12.1 Å². The van der Waals surface area contributed by atoms with Crippen LogP contribution in [0.25, 0.3) is 5.69 Å². The van der Waals surface area contributed by atoms with Gasteiger partial charge < -0.3 is 0 Å². The number of benzene rings is 1. The van der Waals surface area contributed by atoms with Crippen LogP contribution < -0.4 is 5.56 Å². The first-order valence-electron chi connectivity index (χ1n) is 7.12. The monoisotopic (exact) mass is 222 g/mol. The van der Waals surface area contributed by atoms with Crippen molar-refractivity contribution in [1.29, 1.82) is 0 Å². The van der Waals surface area contributed by atoms with E-state index >= 15 is 0 Å². The predicted molar refractivity (Wildman–Crippen MR) is 61.4 cm³/mol. The maximum atomic E-state index is 12.9. The van der Waals surface area contributed by atoms with Gasteiger partial charge in [0.05, 0.1) is 0 Å². The highest BCUT2D eigenvalue weighted by atomic mass is 19.1. The normalized spacial score (nSPS) is 16.7. The summed E-state index contributed by atoms with van der Waals surface area (Å²) in [5, 5.41) is 0. The third kappa shape index (κ3) is 2.03. The molecule has 0 saturated heterocycles. The molecule has 1 heterocycles. The third-order valence-corrected chi connectivity index (χ3v) is 2.16. The van der Waals surface area contributed by atoms with Gasteiger partial charge in [-0.2, -0.15) is 0 Å². The van der Waals surface area contributed by atoms with Gasteiger partial charge in [-0.25, -0.2) is 4.39 Å². The zero-order valence-corrected chi connectivity index (χ0v) is 8.27. The molecule has 1 aromatic carbocycles. The van der Waals surface area contributed by atoms with E-state index in [4.69, 9.17) is 6.85 Å². The summed E-state index contributed by atoms with van der Waals surface area (Å²) in [6, 6.07) is 7.26. The lowest BCUT2D eigenvalue weighted by molar-refractivity contribution is 0.627. The number of aromatic nitrogens is 1. The Hall–Kier alpha value is -1.90. The highest BCUT2D eigenvalue weighted by Gasteiger charge is 2.00. The van der Waals surface area contributed by atoms with Crippen LogP contribution in [0, 0.1) is 5.82 Å². The molecule has 2 rings (SSSR count). The van der Waals surface area contributed by atoms with Gasteiger partial charge in [0.15, 0.2) is 0 Å². The molecule has 0 spiro atoms. The van der Waals surface area contributed by atoms with Crippen LogP contribution in [0.1, 0.15) is 19.3 Å². The first kappa shape index (κ1) is 5.99.